The van der Waals surface area contributed by atoms with Gasteiger partial charge in [-0.1, -0.05) is 78.0 Å². The van der Waals surface area contributed by atoms with Gasteiger partial charge in [0.15, 0.2) is 11.5 Å². The number of benzene rings is 3. The van der Waals surface area contributed by atoms with E-state index < -0.39 is 0 Å². The van der Waals surface area contributed by atoms with E-state index in [0.29, 0.717) is 38.9 Å². The molecule has 0 radical (unpaired) electrons. The van der Waals surface area contributed by atoms with Crippen molar-refractivity contribution in [2.24, 2.45) is 0 Å². The molecule has 7 heteroatoms. The van der Waals surface area contributed by atoms with Crippen LogP contribution in [0.15, 0.2) is 59.5 Å². The van der Waals surface area contributed by atoms with E-state index in [1.165, 1.54) is 11.8 Å². The fourth-order valence-corrected chi connectivity index (χ4v) is 5.11. The largest absolute Gasteiger partial charge is 0.493 e. The van der Waals surface area contributed by atoms with Crippen molar-refractivity contribution in [3.63, 3.8) is 0 Å². The van der Waals surface area contributed by atoms with Crippen LogP contribution in [0, 0.1) is 0 Å². The standard InChI is InChI=1S/C24H20ClNO3S2/c1-3-26-23(27)21(31-24(26)30)13-15-11-19(25)22(20(12-15)28-2)29-14-17-9-6-8-16-7-4-5-10-18(16)17/h4-13H,3,14H2,1-2H3/b21-13+. The van der Waals surface area contributed by atoms with Gasteiger partial charge in [-0.2, -0.15) is 0 Å². The summed E-state index contributed by atoms with van der Waals surface area (Å²) in [6, 6.07) is 17.9. The Hall–Kier alpha value is -2.54. The van der Waals surface area contributed by atoms with Crippen molar-refractivity contribution >= 4 is 62.7 Å². The highest BCUT2D eigenvalue weighted by atomic mass is 35.5. The van der Waals surface area contributed by atoms with Crippen LogP contribution < -0.4 is 9.47 Å². The van der Waals surface area contributed by atoms with Crippen LogP contribution in [0.2, 0.25) is 5.02 Å². The molecule has 1 saturated heterocycles. The Morgan fingerprint density at radius 2 is 1.94 bits per heavy atom. The fraction of sp³-hybridized carbons (Fsp3) is 0.167. The van der Waals surface area contributed by atoms with Gasteiger partial charge in [-0.05, 0) is 47.0 Å². The minimum atomic E-state index is -0.0936. The summed E-state index contributed by atoms with van der Waals surface area (Å²) in [5.41, 5.74) is 1.81. The molecule has 31 heavy (non-hydrogen) atoms. The van der Waals surface area contributed by atoms with E-state index in [1.807, 2.05) is 37.3 Å². The minimum Gasteiger partial charge on any atom is -0.493 e. The maximum absolute atomic E-state index is 12.5. The smallest absolute Gasteiger partial charge is 0.266 e. The summed E-state index contributed by atoms with van der Waals surface area (Å²) in [5.74, 6) is 0.879. The van der Waals surface area contributed by atoms with Gasteiger partial charge in [-0.25, -0.2) is 0 Å². The van der Waals surface area contributed by atoms with Crippen molar-refractivity contribution in [2.45, 2.75) is 13.5 Å². The average Bonchev–Trinajstić information content (AvgIpc) is 3.04. The Labute approximate surface area is 195 Å². The lowest BCUT2D eigenvalue weighted by Gasteiger charge is -2.14. The lowest BCUT2D eigenvalue weighted by atomic mass is 10.1. The first-order chi connectivity index (χ1) is 15.0. The van der Waals surface area contributed by atoms with Gasteiger partial charge in [0, 0.05) is 6.54 Å². The normalized spacial score (nSPS) is 15.2. The van der Waals surface area contributed by atoms with Crippen LogP contribution in [-0.2, 0) is 11.4 Å². The molecule has 3 aromatic carbocycles. The molecular formula is C24H20ClNO3S2. The molecule has 1 amide bonds. The van der Waals surface area contributed by atoms with Gasteiger partial charge in [0.25, 0.3) is 5.91 Å². The molecule has 1 aliphatic heterocycles. The minimum absolute atomic E-state index is 0.0936. The van der Waals surface area contributed by atoms with E-state index in [9.17, 15) is 4.79 Å². The number of nitrogens with zero attached hydrogens (tertiary/aromatic N) is 1. The highest BCUT2D eigenvalue weighted by molar-refractivity contribution is 8.26. The van der Waals surface area contributed by atoms with E-state index in [0.717, 1.165) is 21.9 Å². The van der Waals surface area contributed by atoms with Crippen LogP contribution in [-0.4, -0.2) is 28.8 Å². The number of likely N-dealkylation sites (N-methyl/N-ethyl adjacent to an activating group) is 1. The highest BCUT2D eigenvalue weighted by Crippen LogP contribution is 2.39. The number of rotatable bonds is 6. The van der Waals surface area contributed by atoms with Gasteiger partial charge in [0.05, 0.1) is 17.0 Å². The average molecular weight is 470 g/mol. The van der Waals surface area contributed by atoms with Gasteiger partial charge in [-0.3, -0.25) is 9.69 Å². The summed E-state index contributed by atoms with van der Waals surface area (Å²) in [5, 5.41) is 2.70. The summed E-state index contributed by atoms with van der Waals surface area (Å²) in [4.78, 5) is 14.6. The first-order valence-electron chi connectivity index (χ1n) is 9.74. The molecule has 1 fully saturated rings. The van der Waals surface area contributed by atoms with Crippen molar-refractivity contribution in [2.75, 3.05) is 13.7 Å². The van der Waals surface area contributed by atoms with E-state index in [2.05, 4.69) is 18.2 Å². The van der Waals surface area contributed by atoms with Crippen molar-refractivity contribution in [1.82, 2.24) is 4.90 Å². The number of ether oxygens (including phenoxy) is 2. The zero-order valence-corrected chi connectivity index (χ0v) is 19.4. The predicted octanol–water partition coefficient (Wildman–Crippen LogP) is 6.30. The summed E-state index contributed by atoms with van der Waals surface area (Å²) in [7, 11) is 1.57. The Morgan fingerprint density at radius 1 is 1.16 bits per heavy atom. The number of carbonyl (C=O) groups excluding carboxylic acids is 1. The molecule has 0 aromatic heterocycles. The van der Waals surface area contributed by atoms with Gasteiger partial charge in [0.2, 0.25) is 0 Å². The van der Waals surface area contributed by atoms with Gasteiger partial charge >= 0.3 is 0 Å². The van der Waals surface area contributed by atoms with Gasteiger partial charge < -0.3 is 9.47 Å². The van der Waals surface area contributed by atoms with Crippen LogP contribution in [0.3, 0.4) is 0 Å². The number of halogens is 1. The van der Waals surface area contributed by atoms with Crippen molar-refractivity contribution in [3.8, 4) is 11.5 Å². The molecular weight excluding hydrogens is 450 g/mol. The molecule has 0 N–H and O–H groups in total. The molecule has 0 aliphatic carbocycles. The first-order valence-corrected chi connectivity index (χ1v) is 11.3. The Morgan fingerprint density at radius 3 is 2.68 bits per heavy atom. The lowest BCUT2D eigenvalue weighted by molar-refractivity contribution is -0.121. The summed E-state index contributed by atoms with van der Waals surface area (Å²) < 4.78 is 12.2. The number of hydrogen-bond donors (Lipinski definition) is 0. The molecule has 0 saturated carbocycles. The molecule has 158 valence electrons. The number of thiocarbonyl (C=S) groups is 1. The second-order valence-corrected chi connectivity index (χ2v) is 8.97. The number of thioether (sulfide) groups is 1. The zero-order chi connectivity index (χ0) is 22.0. The van der Waals surface area contributed by atoms with Crippen LogP contribution in [0.25, 0.3) is 16.8 Å². The molecule has 0 unspecified atom stereocenters. The van der Waals surface area contributed by atoms with E-state index in [4.69, 9.17) is 33.3 Å². The third kappa shape index (κ3) is 4.42. The maximum Gasteiger partial charge on any atom is 0.266 e. The van der Waals surface area contributed by atoms with Crippen LogP contribution >= 0.6 is 35.6 Å². The Bertz CT molecular complexity index is 1200. The number of hydrogen-bond acceptors (Lipinski definition) is 5. The number of amides is 1. The predicted molar refractivity (Wildman–Crippen MR) is 132 cm³/mol. The molecule has 0 bridgehead atoms. The number of methoxy groups -OCH3 is 1. The van der Waals surface area contributed by atoms with Crippen LogP contribution in [0.4, 0.5) is 0 Å². The molecule has 1 heterocycles. The van der Waals surface area contributed by atoms with Gasteiger partial charge in [0.1, 0.15) is 10.9 Å². The molecule has 0 atom stereocenters. The van der Waals surface area contributed by atoms with Crippen LogP contribution in [0.1, 0.15) is 18.1 Å². The van der Waals surface area contributed by atoms with Crippen molar-refractivity contribution in [3.05, 3.63) is 75.7 Å². The number of fused-ring (bicyclic) bond motifs is 1. The van der Waals surface area contributed by atoms with E-state index in [-0.39, 0.29) is 5.91 Å². The van der Waals surface area contributed by atoms with Crippen LogP contribution in [0.5, 0.6) is 11.5 Å². The Kier molecular flexibility index (Phi) is 6.51. The zero-order valence-electron chi connectivity index (χ0n) is 17.1. The highest BCUT2D eigenvalue weighted by Gasteiger charge is 2.30. The topological polar surface area (TPSA) is 38.8 Å². The summed E-state index contributed by atoms with van der Waals surface area (Å²) >= 11 is 13.1. The summed E-state index contributed by atoms with van der Waals surface area (Å²) in [6.07, 6.45) is 1.78. The second kappa shape index (κ2) is 9.30. The monoisotopic (exact) mass is 469 g/mol. The quantitative estimate of drug-likeness (QED) is 0.313. The molecule has 4 nitrogen and oxygen atoms in total. The summed E-state index contributed by atoms with van der Waals surface area (Å²) in [6.45, 7) is 2.80. The fourth-order valence-electron chi connectivity index (χ4n) is 3.46. The third-order valence-electron chi connectivity index (χ3n) is 4.99. The molecule has 4 rings (SSSR count). The molecule has 1 aliphatic rings. The Balaban J connectivity index is 1.61. The maximum atomic E-state index is 12.5. The van der Waals surface area contributed by atoms with Crippen molar-refractivity contribution < 1.29 is 14.3 Å². The molecule has 3 aromatic rings. The lowest BCUT2D eigenvalue weighted by Crippen LogP contribution is -2.27. The number of carbonyl (C=O) groups is 1. The first kappa shape index (κ1) is 21.7. The third-order valence-corrected chi connectivity index (χ3v) is 6.65. The SMILES string of the molecule is CCN1C(=O)/C(=C\c2cc(Cl)c(OCc3cccc4ccccc34)c(OC)c2)SC1=S. The van der Waals surface area contributed by atoms with Crippen molar-refractivity contribution in [1.29, 1.82) is 0 Å². The molecule has 0 spiro atoms. The van der Waals surface area contributed by atoms with Gasteiger partial charge in [-0.15, -0.1) is 0 Å². The second-order valence-electron chi connectivity index (χ2n) is 6.89. The van der Waals surface area contributed by atoms with E-state index in [1.54, 1.807) is 24.2 Å². The van der Waals surface area contributed by atoms with E-state index >= 15 is 0 Å².